The number of hydrogen-bond acceptors (Lipinski definition) is 4. The summed E-state index contributed by atoms with van der Waals surface area (Å²) in [6.45, 7) is 3.56. The van der Waals surface area contributed by atoms with Crippen molar-refractivity contribution in [1.29, 1.82) is 10.7 Å². The molecule has 3 aromatic rings. The van der Waals surface area contributed by atoms with Crippen LogP contribution in [0.5, 0.6) is 5.75 Å². The molecule has 2 aromatic carbocycles. The van der Waals surface area contributed by atoms with Gasteiger partial charge in [-0.3, -0.25) is 4.79 Å². The molecule has 1 amide bonds. The van der Waals surface area contributed by atoms with Crippen molar-refractivity contribution in [3.8, 4) is 23.1 Å². The van der Waals surface area contributed by atoms with Gasteiger partial charge >= 0.3 is 0 Å². The molecule has 1 aliphatic rings. The van der Waals surface area contributed by atoms with Gasteiger partial charge in [-0.15, -0.1) is 0 Å². The van der Waals surface area contributed by atoms with Crippen LogP contribution in [-0.2, 0) is 11.3 Å². The molecular formula is C25H27N6O2+. The van der Waals surface area contributed by atoms with Crippen LogP contribution < -0.4 is 15.8 Å². The number of nitriles is 1. The van der Waals surface area contributed by atoms with E-state index < -0.39 is 0 Å². The van der Waals surface area contributed by atoms with Crippen molar-refractivity contribution in [3.63, 3.8) is 0 Å². The van der Waals surface area contributed by atoms with Crippen LogP contribution in [0.1, 0.15) is 25.3 Å². The number of carbonyl (C=O) groups excluding carboxylic acids is 1. The van der Waals surface area contributed by atoms with Gasteiger partial charge in [-0.25, -0.2) is 4.58 Å². The largest absolute Gasteiger partial charge is 0.490 e. The molecule has 1 fully saturated rings. The predicted octanol–water partition coefficient (Wildman–Crippen LogP) is 3.53. The summed E-state index contributed by atoms with van der Waals surface area (Å²) in [6, 6.07) is 15.7. The van der Waals surface area contributed by atoms with Gasteiger partial charge in [0.25, 0.3) is 0 Å². The first kappa shape index (κ1) is 22.1. The van der Waals surface area contributed by atoms with Gasteiger partial charge in [-0.05, 0) is 49.6 Å². The molecule has 0 aliphatic heterocycles. The predicted molar refractivity (Wildman–Crippen MR) is 129 cm³/mol. The SMILES string of the molecule is CCn1c(-c2ccc(NC(=O)C3CC3)cc2)c(C#N)c2ccc(OCC[N+](C=N)=CN)cc21. The number of benzene rings is 2. The lowest BCUT2D eigenvalue weighted by Gasteiger charge is -2.11. The smallest absolute Gasteiger partial charge is 0.227 e. The first-order valence-electron chi connectivity index (χ1n) is 11.0. The van der Waals surface area contributed by atoms with Gasteiger partial charge in [0.1, 0.15) is 25.0 Å². The van der Waals surface area contributed by atoms with E-state index >= 15 is 0 Å². The summed E-state index contributed by atoms with van der Waals surface area (Å²) in [5, 5.41) is 21.1. The van der Waals surface area contributed by atoms with Crippen LogP contribution in [0.15, 0.2) is 42.5 Å². The molecule has 8 nitrogen and oxygen atoms in total. The summed E-state index contributed by atoms with van der Waals surface area (Å²) in [7, 11) is 0. The maximum absolute atomic E-state index is 12.0. The van der Waals surface area contributed by atoms with E-state index in [0.29, 0.717) is 31.0 Å². The minimum absolute atomic E-state index is 0.0729. The fraction of sp³-hybridized carbons (Fsp3) is 0.280. The van der Waals surface area contributed by atoms with E-state index in [1.807, 2.05) is 49.4 Å². The zero-order valence-electron chi connectivity index (χ0n) is 18.5. The maximum atomic E-state index is 12.0. The molecule has 4 N–H and O–H groups in total. The van der Waals surface area contributed by atoms with E-state index in [1.54, 1.807) is 0 Å². The second-order valence-corrected chi connectivity index (χ2v) is 7.96. The summed E-state index contributed by atoms with van der Waals surface area (Å²) in [5.74, 6) is 0.908. The summed E-state index contributed by atoms with van der Waals surface area (Å²) in [4.78, 5) is 12.0. The minimum atomic E-state index is 0.0729. The second kappa shape index (κ2) is 9.57. The highest BCUT2D eigenvalue weighted by molar-refractivity contribution is 5.96. The van der Waals surface area contributed by atoms with Crippen molar-refractivity contribution < 1.29 is 14.1 Å². The van der Waals surface area contributed by atoms with Crippen LogP contribution in [0.4, 0.5) is 5.69 Å². The molecule has 0 saturated heterocycles. The van der Waals surface area contributed by atoms with Crippen molar-refractivity contribution in [1.82, 2.24) is 4.57 Å². The standard InChI is InChI=1S/C25H26N6O2/c1-2-31-23-13-20(33-12-11-30(15-27)16-28)9-10-21(23)22(14-26)24(31)17-5-7-19(8-6-17)29-25(32)18-3-4-18/h5-10,13,15-16,18,27-28H,2-4,11-12H2,1H3,(H,29,32)/p+1. The average Bonchev–Trinajstić information content (AvgIpc) is 3.64. The van der Waals surface area contributed by atoms with Crippen LogP contribution in [-0.4, -0.2) is 40.9 Å². The fourth-order valence-corrected chi connectivity index (χ4v) is 3.91. The lowest BCUT2D eigenvalue weighted by Crippen LogP contribution is -2.21. The van der Waals surface area contributed by atoms with Crippen molar-refractivity contribution >= 4 is 35.2 Å². The number of carbonyl (C=O) groups is 1. The Hall–Kier alpha value is -4.12. The summed E-state index contributed by atoms with van der Waals surface area (Å²) in [6.07, 6.45) is 4.40. The third-order valence-electron chi connectivity index (χ3n) is 5.81. The van der Waals surface area contributed by atoms with Crippen LogP contribution >= 0.6 is 0 Å². The molecule has 8 heteroatoms. The van der Waals surface area contributed by atoms with Crippen LogP contribution in [0, 0.1) is 22.7 Å². The van der Waals surface area contributed by atoms with Gasteiger partial charge in [0.2, 0.25) is 12.2 Å². The third kappa shape index (κ3) is 4.58. The summed E-state index contributed by atoms with van der Waals surface area (Å²) >= 11 is 0. The summed E-state index contributed by atoms with van der Waals surface area (Å²) < 4.78 is 9.49. The Kier molecular flexibility index (Phi) is 6.41. The third-order valence-corrected chi connectivity index (χ3v) is 5.81. The maximum Gasteiger partial charge on any atom is 0.227 e. The normalized spacial score (nSPS) is 13.5. The molecule has 0 atom stereocenters. The van der Waals surface area contributed by atoms with E-state index in [9.17, 15) is 10.1 Å². The van der Waals surface area contributed by atoms with E-state index in [0.717, 1.165) is 47.0 Å². The molecular weight excluding hydrogens is 416 g/mol. The van der Waals surface area contributed by atoms with Crippen molar-refractivity contribution in [2.24, 2.45) is 11.7 Å². The Bertz CT molecular complexity index is 1260. The first-order valence-corrected chi connectivity index (χ1v) is 11.0. The number of hydrogen-bond donors (Lipinski definition) is 3. The number of nitrogens with one attached hydrogen (secondary N) is 2. The Labute approximate surface area is 192 Å². The molecule has 1 heterocycles. The van der Waals surface area contributed by atoms with Gasteiger partial charge in [-0.2, -0.15) is 10.7 Å². The fourth-order valence-electron chi connectivity index (χ4n) is 3.91. The Morgan fingerprint density at radius 2 is 2.09 bits per heavy atom. The van der Waals surface area contributed by atoms with E-state index in [-0.39, 0.29) is 11.8 Å². The summed E-state index contributed by atoms with van der Waals surface area (Å²) in [5.41, 5.74) is 9.51. The highest BCUT2D eigenvalue weighted by atomic mass is 16.5. The lowest BCUT2D eigenvalue weighted by atomic mass is 10.1. The van der Waals surface area contributed by atoms with E-state index in [2.05, 4.69) is 16.0 Å². The zero-order valence-corrected chi connectivity index (χ0v) is 18.5. The Morgan fingerprint density at radius 3 is 2.70 bits per heavy atom. The van der Waals surface area contributed by atoms with Crippen molar-refractivity contribution in [2.45, 2.75) is 26.3 Å². The Morgan fingerprint density at radius 1 is 1.33 bits per heavy atom. The van der Waals surface area contributed by atoms with Gasteiger partial charge in [0, 0.05) is 29.6 Å². The van der Waals surface area contributed by atoms with E-state index in [1.165, 1.54) is 10.9 Å². The van der Waals surface area contributed by atoms with Gasteiger partial charge < -0.3 is 20.4 Å². The number of nitrogens with zero attached hydrogens (tertiary/aromatic N) is 3. The number of rotatable bonds is 9. The van der Waals surface area contributed by atoms with Crippen molar-refractivity contribution in [2.75, 3.05) is 18.5 Å². The molecule has 1 aromatic heterocycles. The lowest BCUT2D eigenvalue weighted by molar-refractivity contribution is -0.398. The number of amides is 1. The van der Waals surface area contributed by atoms with Crippen molar-refractivity contribution in [3.05, 3.63) is 48.0 Å². The molecule has 0 spiro atoms. The first-order chi connectivity index (χ1) is 16.1. The van der Waals surface area contributed by atoms with Gasteiger partial charge in [0.15, 0.2) is 6.34 Å². The topological polar surface area (TPSA) is 120 Å². The minimum Gasteiger partial charge on any atom is -0.490 e. The van der Waals surface area contributed by atoms with E-state index in [4.69, 9.17) is 15.9 Å². The number of ether oxygens (including phenoxy) is 1. The molecule has 0 unspecified atom stereocenters. The number of nitrogens with two attached hydrogens (primary N) is 1. The zero-order chi connectivity index (χ0) is 23.4. The molecule has 168 valence electrons. The Balaban J connectivity index is 1.64. The van der Waals surface area contributed by atoms with Gasteiger partial charge in [0.05, 0.1) is 16.8 Å². The number of aromatic nitrogens is 1. The number of aryl methyl sites for hydroxylation is 1. The number of fused-ring (bicyclic) bond motifs is 1. The molecule has 4 rings (SSSR count). The molecule has 1 aliphatic carbocycles. The quantitative estimate of drug-likeness (QED) is 0.266. The monoisotopic (exact) mass is 443 g/mol. The highest BCUT2D eigenvalue weighted by Crippen LogP contribution is 2.36. The molecule has 0 bridgehead atoms. The highest BCUT2D eigenvalue weighted by Gasteiger charge is 2.29. The van der Waals surface area contributed by atoms with Gasteiger partial charge in [-0.1, -0.05) is 12.1 Å². The average molecular weight is 444 g/mol. The molecule has 0 radical (unpaired) electrons. The number of anilines is 1. The van der Waals surface area contributed by atoms with Crippen LogP contribution in [0.3, 0.4) is 0 Å². The van der Waals surface area contributed by atoms with Crippen LogP contribution in [0.25, 0.3) is 22.2 Å². The molecule has 1 saturated carbocycles. The van der Waals surface area contributed by atoms with Crippen LogP contribution in [0.2, 0.25) is 0 Å². The molecule has 33 heavy (non-hydrogen) atoms. The second-order valence-electron chi connectivity index (χ2n) is 7.96.